The summed E-state index contributed by atoms with van der Waals surface area (Å²) in [7, 11) is 0. The summed E-state index contributed by atoms with van der Waals surface area (Å²) in [6, 6.07) is 13.9. The quantitative estimate of drug-likeness (QED) is 0.658. The first-order chi connectivity index (χ1) is 14.2. The van der Waals surface area contributed by atoms with Crippen molar-refractivity contribution in [3.8, 4) is 11.1 Å². The lowest BCUT2D eigenvalue weighted by atomic mass is 9.93. The molecule has 4 heterocycles. The van der Waals surface area contributed by atoms with Gasteiger partial charge in [-0.1, -0.05) is 37.3 Å². The Balaban J connectivity index is 1.42. The van der Waals surface area contributed by atoms with E-state index in [9.17, 15) is 4.39 Å². The number of nitrogens with one attached hydrogen (secondary N) is 1. The van der Waals surface area contributed by atoms with E-state index < -0.39 is 5.95 Å². The minimum Gasteiger partial charge on any atom is -0.335 e. The van der Waals surface area contributed by atoms with E-state index in [0.29, 0.717) is 35.6 Å². The molecule has 3 aromatic rings. The van der Waals surface area contributed by atoms with Gasteiger partial charge in [-0.2, -0.15) is 19.5 Å². The van der Waals surface area contributed by atoms with Gasteiger partial charge in [0.25, 0.3) is 0 Å². The number of piperidine rings is 1. The van der Waals surface area contributed by atoms with Crippen LogP contribution in [0.3, 0.4) is 0 Å². The van der Waals surface area contributed by atoms with Crippen LogP contribution in [0.15, 0.2) is 48.7 Å². The molecule has 0 amide bonds. The topological polar surface area (TPSA) is 66.8 Å². The largest absolute Gasteiger partial charge is 0.335 e. The fourth-order valence-corrected chi connectivity index (χ4v) is 4.71. The number of hydrogen-bond donors (Lipinski definition) is 1. The highest BCUT2D eigenvalue weighted by Crippen LogP contribution is 2.40. The van der Waals surface area contributed by atoms with Gasteiger partial charge in [-0.05, 0) is 43.2 Å². The van der Waals surface area contributed by atoms with Gasteiger partial charge in [0.1, 0.15) is 5.82 Å². The van der Waals surface area contributed by atoms with Gasteiger partial charge >= 0.3 is 0 Å². The Morgan fingerprint density at radius 3 is 2.48 bits per heavy atom. The maximum atomic E-state index is 14.3. The highest BCUT2D eigenvalue weighted by molar-refractivity contribution is 5.66. The van der Waals surface area contributed by atoms with Crippen molar-refractivity contribution in [3.05, 3.63) is 54.6 Å². The van der Waals surface area contributed by atoms with Gasteiger partial charge < -0.3 is 10.2 Å². The molecule has 2 aliphatic heterocycles. The SMILES string of the molecule is CC1CC2CCC(C1)N2c1nc(F)cc(Nc2cc(-c3ccccc3)cnn2)n1. The molecular formula is C22H23FN6. The van der Waals surface area contributed by atoms with E-state index in [4.69, 9.17) is 0 Å². The maximum Gasteiger partial charge on any atom is 0.230 e. The number of hydrogen-bond acceptors (Lipinski definition) is 6. The van der Waals surface area contributed by atoms with Crippen molar-refractivity contribution in [2.24, 2.45) is 5.92 Å². The number of rotatable bonds is 4. The first-order valence-electron chi connectivity index (χ1n) is 10.1. The first-order valence-corrected chi connectivity index (χ1v) is 10.1. The van der Waals surface area contributed by atoms with Crippen LogP contribution in [0, 0.1) is 11.9 Å². The van der Waals surface area contributed by atoms with Gasteiger partial charge in [0.2, 0.25) is 11.9 Å². The zero-order valence-electron chi connectivity index (χ0n) is 16.3. The zero-order valence-corrected chi connectivity index (χ0v) is 16.3. The smallest absolute Gasteiger partial charge is 0.230 e. The molecule has 2 aromatic heterocycles. The van der Waals surface area contributed by atoms with Crippen LogP contribution in [-0.2, 0) is 0 Å². The van der Waals surface area contributed by atoms with Gasteiger partial charge in [-0.15, -0.1) is 5.10 Å². The predicted octanol–water partition coefficient (Wildman–Crippen LogP) is 4.58. The number of halogens is 1. The lowest BCUT2D eigenvalue weighted by Crippen LogP contribution is -2.43. The molecule has 2 unspecified atom stereocenters. The Morgan fingerprint density at radius 2 is 1.72 bits per heavy atom. The van der Waals surface area contributed by atoms with Gasteiger partial charge in [0.15, 0.2) is 5.82 Å². The Labute approximate surface area is 169 Å². The summed E-state index contributed by atoms with van der Waals surface area (Å²) in [5.41, 5.74) is 1.97. The molecule has 29 heavy (non-hydrogen) atoms. The van der Waals surface area contributed by atoms with Gasteiger partial charge in [0, 0.05) is 23.7 Å². The van der Waals surface area contributed by atoms with Crippen LogP contribution in [0.5, 0.6) is 0 Å². The molecule has 2 atom stereocenters. The van der Waals surface area contributed by atoms with Crippen molar-refractivity contribution in [1.82, 2.24) is 20.2 Å². The van der Waals surface area contributed by atoms with E-state index in [-0.39, 0.29) is 0 Å². The number of aromatic nitrogens is 4. The third kappa shape index (κ3) is 3.64. The standard InChI is InChI=1S/C22H23FN6/c1-14-9-17-7-8-18(10-14)29(17)22-25-19(23)12-20(27-22)26-21-11-16(13-24-28-21)15-5-3-2-4-6-15/h2-6,11-14,17-18H,7-10H2,1H3,(H,25,26,27,28). The van der Waals surface area contributed by atoms with Crippen molar-refractivity contribution in [2.45, 2.75) is 44.7 Å². The van der Waals surface area contributed by atoms with Crippen molar-refractivity contribution < 1.29 is 4.39 Å². The van der Waals surface area contributed by atoms with Crippen LogP contribution in [-0.4, -0.2) is 32.2 Å². The molecule has 2 aliphatic rings. The predicted molar refractivity (Wildman–Crippen MR) is 110 cm³/mol. The molecule has 0 spiro atoms. The Hall–Kier alpha value is -3.09. The number of nitrogens with zero attached hydrogens (tertiary/aromatic N) is 5. The van der Waals surface area contributed by atoms with Crippen LogP contribution in [0.25, 0.3) is 11.1 Å². The molecule has 7 heteroatoms. The van der Waals surface area contributed by atoms with E-state index in [2.05, 4.69) is 37.3 Å². The normalized spacial score (nSPS) is 23.2. The molecule has 6 nitrogen and oxygen atoms in total. The van der Waals surface area contributed by atoms with E-state index in [0.717, 1.165) is 36.8 Å². The summed E-state index contributed by atoms with van der Waals surface area (Å²) in [6.07, 6.45) is 6.19. The molecule has 2 bridgehead atoms. The van der Waals surface area contributed by atoms with E-state index in [1.54, 1.807) is 6.20 Å². The fourth-order valence-electron chi connectivity index (χ4n) is 4.71. The summed E-state index contributed by atoms with van der Waals surface area (Å²) in [4.78, 5) is 10.9. The summed E-state index contributed by atoms with van der Waals surface area (Å²) in [5, 5.41) is 11.3. The van der Waals surface area contributed by atoms with Crippen molar-refractivity contribution in [3.63, 3.8) is 0 Å². The van der Waals surface area contributed by atoms with Crippen molar-refractivity contribution in [2.75, 3.05) is 10.2 Å². The molecular weight excluding hydrogens is 367 g/mol. The number of benzene rings is 1. The van der Waals surface area contributed by atoms with Gasteiger partial charge in [0.05, 0.1) is 6.20 Å². The van der Waals surface area contributed by atoms with Crippen LogP contribution in [0.4, 0.5) is 22.0 Å². The van der Waals surface area contributed by atoms with Crippen molar-refractivity contribution >= 4 is 17.6 Å². The minimum atomic E-state index is -0.539. The second-order valence-electron chi connectivity index (χ2n) is 8.07. The molecule has 0 aliphatic carbocycles. The highest BCUT2D eigenvalue weighted by Gasteiger charge is 2.40. The second-order valence-corrected chi connectivity index (χ2v) is 8.07. The van der Waals surface area contributed by atoms with E-state index in [1.807, 2.05) is 36.4 Å². The third-order valence-electron chi connectivity index (χ3n) is 5.90. The third-order valence-corrected chi connectivity index (χ3v) is 5.90. The lowest BCUT2D eigenvalue weighted by Gasteiger charge is -2.37. The average molecular weight is 390 g/mol. The maximum absolute atomic E-state index is 14.3. The van der Waals surface area contributed by atoms with Gasteiger partial charge in [-0.25, -0.2) is 0 Å². The second kappa shape index (κ2) is 7.39. The van der Waals surface area contributed by atoms with Crippen LogP contribution in [0.1, 0.15) is 32.6 Å². The summed E-state index contributed by atoms with van der Waals surface area (Å²) >= 11 is 0. The molecule has 0 saturated carbocycles. The monoisotopic (exact) mass is 390 g/mol. The number of fused-ring (bicyclic) bond motifs is 2. The van der Waals surface area contributed by atoms with Crippen LogP contribution in [0.2, 0.25) is 0 Å². The molecule has 1 N–H and O–H groups in total. The highest BCUT2D eigenvalue weighted by atomic mass is 19.1. The molecule has 2 fully saturated rings. The Morgan fingerprint density at radius 1 is 0.966 bits per heavy atom. The summed E-state index contributed by atoms with van der Waals surface area (Å²) in [6.45, 7) is 2.29. The van der Waals surface area contributed by atoms with E-state index >= 15 is 0 Å². The zero-order chi connectivity index (χ0) is 19.8. The molecule has 0 radical (unpaired) electrons. The van der Waals surface area contributed by atoms with Gasteiger partial charge in [-0.3, -0.25) is 0 Å². The Bertz CT molecular complexity index is 997. The summed E-state index contributed by atoms with van der Waals surface area (Å²) < 4.78 is 14.3. The minimum absolute atomic E-state index is 0.394. The Kier molecular flexibility index (Phi) is 4.58. The van der Waals surface area contributed by atoms with Crippen LogP contribution < -0.4 is 10.2 Å². The van der Waals surface area contributed by atoms with Crippen molar-refractivity contribution in [1.29, 1.82) is 0 Å². The molecule has 2 saturated heterocycles. The number of anilines is 3. The molecule has 1 aromatic carbocycles. The van der Waals surface area contributed by atoms with Crippen LogP contribution >= 0.6 is 0 Å². The average Bonchev–Trinajstić information content (AvgIpc) is 3.00. The summed E-state index contributed by atoms with van der Waals surface area (Å²) in [5.74, 6) is 1.54. The molecule has 148 valence electrons. The molecule has 5 rings (SSSR count). The lowest BCUT2D eigenvalue weighted by molar-refractivity contribution is 0.358. The fraction of sp³-hybridized carbons (Fsp3) is 0.364. The first kappa shape index (κ1) is 18.0. The van der Waals surface area contributed by atoms with E-state index in [1.165, 1.54) is 6.07 Å².